The molecule has 1 amide bonds. The molecule has 0 unspecified atom stereocenters. The zero-order valence-corrected chi connectivity index (χ0v) is 9.02. The van der Waals surface area contributed by atoms with Crippen molar-refractivity contribution in [2.75, 3.05) is 0 Å². The van der Waals surface area contributed by atoms with E-state index in [4.69, 9.17) is 0 Å². The Kier molecular flexibility index (Phi) is 3.34. The first kappa shape index (κ1) is 10.6. The number of rotatable bonds is 3. The molecular formula is C11H21NO. The van der Waals surface area contributed by atoms with Gasteiger partial charge in [-0.15, -0.1) is 0 Å². The molecule has 0 saturated heterocycles. The lowest BCUT2D eigenvalue weighted by Crippen LogP contribution is -2.43. The van der Waals surface area contributed by atoms with Gasteiger partial charge in [-0.25, -0.2) is 0 Å². The summed E-state index contributed by atoms with van der Waals surface area (Å²) in [4.78, 5) is 10.9. The van der Waals surface area contributed by atoms with Crippen LogP contribution in [0.4, 0.5) is 0 Å². The lowest BCUT2D eigenvalue weighted by atomic mass is 9.89. The van der Waals surface area contributed by atoms with Crippen molar-refractivity contribution in [1.82, 2.24) is 5.32 Å². The van der Waals surface area contributed by atoms with E-state index in [1.807, 2.05) is 0 Å². The van der Waals surface area contributed by atoms with Crippen LogP contribution in [0, 0.1) is 5.92 Å². The number of carbonyl (C=O) groups is 1. The van der Waals surface area contributed by atoms with Crippen LogP contribution in [-0.4, -0.2) is 11.4 Å². The van der Waals surface area contributed by atoms with Crippen molar-refractivity contribution >= 4 is 5.91 Å². The molecule has 0 aromatic carbocycles. The molecule has 0 aromatic heterocycles. The summed E-state index contributed by atoms with van der Waals surface area (Å²) < 4.78 is 0. The molecule has 76 valence electrons. The Morgan fingerprint density at radius 3 is 2.38 bits per heavy atom. The Labute approximate surface area is 81.1 Å². The first-order valence-electron chi connectivity index (χ1n) is 5.28. The van der Waals surface area contributed by atoms with Crippen LogP contribution in [0.25, 0.3) is 0 Å². The molecule has 13 heavy (non-hydrogen) atoms. The summed E-state index contributed by atoms with van der Waals surface area (Å²) in [5, 5.41) is 3.01. The molecule has 1 aliphatic carbocycles. The molecule has 1 N–H and O–H groups in total. The van der Waals surface area contributed by atoms with Gasteiger partial charge in [0, 0.05) is 12.5 Å². The largest absolute Gasteiger partial charge is 0.351 e. The minimum absolute atomic E-state index is 0.0131. The van der Waals surface area contributed by atoms with E-state index < -0.39 is 0 Å². The van der Waals surface area contributed by atoms with Gasteiger partial charge in [-0.05, 0) is 26.2 Å². The summed E-state index contributed by atoms with van der Waals surface area (Å²) >= 11 is 0. The highest BCUT2D eigenvalue weighted by molar-refractivity contribution is 5.73. The summed E-state index contributed by atoms with van der Waals surface area (Å²) in [6.45, 7) is 5.83. The van der Waals surface area contributed by atoms with Gasteiger partial charge in [-0.2, -0.15) is 0 Å². The molecule has 2 nitrogen and oxygen atoms in total. The highest BCUT2D eigenvalue weighted by Crippen LogP contribution is 2.31. The van der Waals surface area contributed by atoms with Gasteiger partial charge in [-0.1, -0.05) is 25.7 Å². The van der Waals surface area contributed by atoms with Crippen molar-refractivity contribution in [2.45, 2.75) is 58.4 Å². The minimum atomic E-state index is -0.0131. The molecule has 0 heterocycles. The maximum absolute atomic E-state index is 10.9. The fraction of sp³-hybridized carbons (Fsp3) is 0.909. The quantitative estimate of drug-likeness (QED) is 0.715. The van der Waals surface area contributed by atoms with Gasteiger partial charge in [-0.3, -0.25) is 4.79 Å². The third-order valence-electron chi connectivity index (χ3n) is 2.79. The summed E-state index contributed by atoms with van der Waals surface area (Å²) in [6, 6.07) is 0. The molecule has 0 radical (unpaired) electrons. The van der Waals surface area contributed by atoms with Crippen molar-refractivity contribution < 1.29 is 4.79 Å². The third-order valence-corrected chi connectivity index (χ3v) is 2.79. The Balaban J connectivity index is 2.35. The highest BCUT2D eigenvalue weighted by Gasteiger charge is 2.25. The SMILES string of the molecule is CC(=O)NC(C)(C)CC1CCCC1. The van der Waals surface area contributed by atoms with Crippen LogP contribution >= 0.6 is 0 Å². The van der Waals surface area contributed by atoms with E-state index in [-0.39, 0.29) is 11.4 Å². The van der Waals surface area contributed by atoms with Gasteiger partial charge in [0.1, 0.15) is 0 Å². The summed E-state index contributed by atoms with van der Waals surface area (Å²) in [7, 11) is 0. The average Bonchev–Trinajstić information content (AvgIpc) is 2.34. The molecule has 0 bridgehead atoms. The van der Waals surface area contributed by atoms with Gasteiger partial charge in [0.25, 0.3) is 0 Å². The third kappa shape index (κ3) is 3.79. The van der Waals surface area contributed by atoms with Crippen LogP contribution in [-0.2, 0) is 4.79 Å². The Morgan fingerprint density at radius 2 is 1.92 bits per heavy atom. The standard InChI is InChI=1S/C11H21NO/c1-9(13)12-11(2,3)8-10-6-4-5-7-10/h10H,4-8H2,1-3H3,(H,12,13). The molecular weight excluding hydrogens is 162 g/mol. The van der Waals surface area contributed by atoms with E-state index in [9.17, 15) is 4.79 Å². The van der Waals surface area contributed by atoms with Crippen LogP contribution in [0.15, 0.2) is 0 Å². The lowest BCUT2D eigenvalue weighted by Gasteiger charge is -2.28. The number of hydrogen-bond acceptors (Lipinski definition) is 1. The molecule has 1 saturated carbocycles. The lowest BCUT2D eigenvalue weighted by molar-refractivity contribution is -0.120. The van der Waals surface area contributed by atoms with Crippen molar-refractivity contribution in [3.8, 4) is 0 Å². The maximum atomic E-state index is 10.9. The van der Waals surface area contributed by atoms with E-state index in [1.54, 1.807) is 6.92 Å². The number of amides is 1. The molecule has 1 fully saturated rings. The predicted molar refractivity (Wildman–Crippen MR) is 54.5 cm³/mol. The molecule has 0 aliphatic heterocycles. The van der Waals surface area contributed by atoms with Gasteiger partial charge < -0.3 is 5.32 Å². The number of carbonyl (C=O) groups excluding carboxylic acids is 1. The monoisotopic (exact) mass is 183 g/mol. The maximum Gasteiger partial charge on any atom is 0.217 e. The van der Waals surface area contributed by atoms with Gasteiger partial charge in [0.2, 0.25) is 5.91 Å². The summed E-state index contributed by atoms with van der Waals surface area (Å²) in [6.07, 6.45) is 6.58. The van der Waals surface area contributed by atoms with E-state index in [0.29, 0.717) is 0 Å². The topological polar surface area (TPSA) is 29.1 Å². The van der Waals surface area contributed by atoms with Gasteiger partial charge >= 0.3 is 0 Å². The van der Waals surface area contributed by atoms with E-state index >= 15 is 0 Å². The zero-order valence-electron chi connectivity index (χ0n) is 9.02. The Bertz CT molecular complexity index is 181. The molecule has 1 rings (SSSR count). The fourth-order valence-corrected chi connectivity index (χ4v) is 2.46. The second-order valence-electron chi connectivity index (χ2n) is 4.92. The molecule has 1 aliphatic rings. The average molecular weight is 183 g/mol. The first-order chi connectivity index (χ1) is 5.99. The molecule has 0 spiro atoms. The normalized spacial score (nSPS) is 19.0. The van der Waals surface area contributed by atoms with Crippen LogP contribution in [0.3, 0.4) is 0 Å². The Morgan fingerprint density at radius 1 is 1.38 bits per heavy atom. The van der Waals surface area contributed by atoms with Crippen molar-refractivity contribution in [3.63, 3.8) is 0 Å². The molecule has 0 aromatic rings. The smallest absolute Gasteiger partial charge is 0.217 e. The van der Waals surface area contributed by atoms with Crippen LogP contribution in [0.1, 0.15) is 52.9 Å². The fourth-order valence-electron chi connectivity index (χ4n) is 2.46. The van der Waals surface area contributed by atoms with E-state index in [1.165, 1.54) is 25.7 Å². The van der Waals surface area contributed by atoms with E-state index in [2.05, 4.69) is 19.2 Å². The van der Waals surface area contributed by atoms with Gasteiger partial charge in [0.05, 0.1) is 0 Å². The zero-order chi connectivity index (χ0) is 9.90. The first-order valence-corrected chi connectivity index (χ1v) is 5.28. The minimum Gasteiger partial charge on any atom is -0.351 e. The second kappa shape index (κ2) is 4.12. The number of nitrogens with one attached hydrogen (secondary N) is 1. The van der Waals surface area contributed by atoms with Crippen molar-refractivity contribution in [1.29, 1.82) is 0 Å². The summed E-state index contributed by atoms with van der Waals surface area (Å²) in [5.41, 5.74) is -0.0131. The second-order valence-corrected chi connectivity index (χ2v) is 4.92. The van der Waals surface area contributed by atoms with Crippen LogP contribution < -0.4 is 5.32 Å². The van der Waals surface area contributed by atoms with Crippen LogP contribution in [0.2, 0.25) is 0 Å². The molecule has 0 atom stereocenters. The van der Waals surface area contributed by atoms with Crippen molar-refractivity contribution in [3.05, 3.63) is 0 Å². The van der Waals surface area contributed by atoms with Gasteiger partial charge in [0.15, 0.2) is 0 Å². The summed E-state index contributed by atoms with van der Waals surface area (Å²) in [5.74, 6) is 0.921. The predicted octanol–water partition coefficient (Wildman–Crippen LogP) is 2.48. The number of hydrogen-bond donors (Lipinski definition) is 1. The Hall–Kier alpha value is -0.530. The van der Waals surface area contributed by atoms with E-state index in [0.717, 1.165) is 12.3 Å². The molecule has 2 heteroatoms. The highest BCUT2D eigenvalue weighted by atomic mass is 16.1. The van der Waals surface area contributed by atoms with Crippen molar-refractivity contribution in [2.24, 2.45) is 5.92 Å². The van der Waals surface area contributed by atoms with Crippen LogP contribution in [0.5, 0.6) is 0 Å².